The molecule has 0 unspecified atom stereocenters. The first-order valence-electron chi connectivity index (χ1n) is 9.90. The molecule has 0 radical (unpaired) electrons. The van der Waals surface area contributed by atoms with Crippen LogP contribution in [-0.2, 0) is 0 Å². The highest BCUT2D eigenvalue weighted by Gasteiger charge is 2.50. The van der Waals surface area contributed by atoms with E-state index in [-0.39, 0.29) is 17.1 Å². The first-order chi connectivity index (χ1) is 12.9. The lowest BCUT2D eigenvalue weighted by Crippen LogP contribution is -2.50. The average molecular weight is 368 g/mol. The maximum absolute atomic E-state index is 11.5. The normalized spacial score (nSPS) is 33.4. The van der Waals surface area contributed by atoms with Crippen LogP contribution in [-0.4, -0.2) is 17.8 Å². The lowest BCUT2D eigenvalue weighted by molar-refractivity contribution is -0.0671. The van der Waals surface area contributed by atoms with Gasteiger partial charge >= 0.3 is 5.63 Å². The zero-order valence-electron chi connectivity index (χ0n) is 16.3. The molecule has 27 heavy (non-hydrogen) atoms. The van der Waals surface area contributed by atoms with Crippen molar-refractivity contribution in [2.24, 2.45) is 23.2 Å². The van der Waals surface area contributed by atoms with Crippen LogP contribution in [0.25, 0.3) is 11.0 Å². The Bertz CT molecular complexity index is 927. The van der Waals surface area contributed by atoms with Crippen LogP contribution < -0.4 is 10.4 Å². The quantitative estimate of drug-likeness (QED) is 0.638. The van der Waals surface area contributed by atoms with Crippen LogP contribution in [0.4, 0.5) is 0 Å². The van der Waals surface area contributed by atoms with Crippen LogP contribution in [0.2, 0.25) is 0 Å². The molecule has 0 saturated heterocycles. The van der Waals surface area contributed by atoms with E-state index in [0.29, 0.717) is 29.9 Å². The Labute approximate surface area is 159 Å². The molecule has 1 fully saturated rings. The number of fused-ring (bicyclic) bond motifs is 2. The van der Waals surface area contributed by atoms with Crippen LogP contribution in [0, 0.1) is 23.2 Å². The van der Waals surface area contributed by atoms with E-state index < -0.39 is 0 Å². The molecule has 1 aromatic carbocycles. The molecule has 0 aliphatic heterocycles. The fourth-order valence-corrected chi connectivity index (χ4v) is 5.30. The minimum atomic E-state index is -0.351. The lowest BCUT2D eigenvalue weighted by Gasteiger charge is -2.53. The molecule has 144 valence electrons. The monoisotopic (exact) mass is 368 g/mol. The fraction of sp³-hybridized carbons (Fsp3) is 0.522. The van der Waals surface area contributed by atoms with Gasteiger partial charge in [-0.25, -0.2) is 4.79 Å². The van der Waals surface area contributed by atoms with Crippen molar-refractivity contribution >= 4 is 11.0 Å². The van der Waals surface area contributed by atoms with Gasteiger partial charge in [0, 0.05) is 23.4 Å². The molecule has 2 aliphatic rings. The second-order valence-electron chi connectivity index (χ2n) is 8.58. The molecule has 0 bridgehead atoms. The summed E-state index contributed by atoms with van der Waals surface area (Å²) >= 11 is 0. The van der Waals surface area contributed by atoms with Gasteiger partial charge in [-0.15, -0.1) is 0 Å². The maximum atomic E-state index is 11.5. The summed E-state index contributed by atoms with van der Waals surface area (Å²) in [5, 5.41) is 11.2. The van der Waals surface area contributed by atoms with Gasteiger partial charge in [-0.3, -0.25) is 0 Å². The third kappa shape index (κ3) is 3.20. The van der Waals surface area contributed by atoms with Gasteiger partial charge < -0.3 is 14.3 Å². The van der Waals surface area contributed by atoms with Gasteiger partial charge in [0.1, 0.15) is 11.3 Å². The van der Waals surface area contributed by atoms with Crippen molar-refractivity contribution in [2.45, 2.75) is 46.1 Å². The number of allylic oxidation sites excluding steroid dienone is 1. The molecular weight excluding hydrogens is 340 g/mol. The van der Waals surface area contributed by atoms with Crippen molar-refractivity contribution in [1.82, 2.24) is 0 Å². The third-order valence-corrected chi connectivity index (χ3v) is 7.12. The first-order valence-corrected chi connectivity index (χ1v) is 9.90. The van der Waals surface area contributed by atoms with Crippen molar-refractivity contribution in [3.05, 3.63) is 52.4 Å². The van der Waals surface area contributed by atoms with Gasteiger partial charge in [-0.05, 0) is 61.6 Å². The van der Waals surface area contributed by atoms with Crippen molar-refractivity contribution in [2.75, 3.05) is 6.61 Å². The molecule has 1 N–H and O–H groups in total. The van der Waals surface area contributed by atoms with Crippen LogP contribution >= 0.6 is 0 Å². The molecular formula is C23H28O4. The van der Waals surface area contributed by atoms with Gasteiger partial charge in [0.15, 0.2) is 0 Å². The molecule has 0 amide bonds. The summed E-state index contributed by atoms with van der Waals surface area (Å²) in [5.41, 5.74) is 1.72. The largest absolute Gasteiger partial charge is 0.493 e. The van der Waals surface area contributed by atoms with Crippen LogP contribution in [0.15, 0.2) is 51.2 Å². The van der Waals surface area contributed by atoms with E-state index in [1.54, 1.807) is 12.1 Å². The third-order valence-electron chi connectivity index (χ3n) is 7.12. The van der Waals surface area contributed by atoms with Gasteiger partial charge in [0.05, 0.1) is 12.7 Å². The highest BCUT2D eigenvalue weighted by Crippen LogP contribution is 2.55. The number of rotatable bonds is 3. The zero-order valence-corrected chi connectivity index (χ0v) is 16.3. The van der Waals surface area contributed by atoms with E-state index in [1.165, 1.54) is 11.6 Å². The van der Waals surface area contributed by atoms with Crippen molar-refractivity contribution in [3.8, 4) is 5.75 Å². The van der Waals surface area contributed by atoms with Crippen molar-refractivity contribution < 1.29 is 14.3 Å². The molecule has 2 aliphatic carbocycles. The highest BCUT2D eigenvalue weighted by molar-refractivity contribution is 5.77. The van der Waals surface area contributed by atoms with Gasteiger partial charge in [0.2, 0.25) is 0 Å². The molecule has 1 saturated carbocycles. The van der Waals surface area contributed by atoms with E-state index >= 15 is 0 Å². The van der Waals surface area contributed by atoms with Crippen LogP contribution in [0.5, 0.6) is 5.75 Å². The summed E-state index contributed by atoms with van der Waals surface area (Å²) in [6.45, 7) is 7.35. The predicted molar refractivity (Wildman–Crippen MR) is 106 cm³/mol. The minimum absolute atomic E-state index is 0.140. The van der Waals surface area contributed by atoms with Gasteiger partial charge in [0.25, 0.3) is 0 Å². The van der Waals surface area contributed by atoms with Crippen LogP contribution in [0.1, 0.15) is 40.0 Å². The molecule has 4 nitrogen and oxygen atoms in total. The Balaban J connectivity index is 1.57. The van der Waals surface area contributed by atoms with Crippen LogP contribution in [0.3, 0.4) is 0 Å². The molecule has 1 heterocycles. The molecule has 4 heteroatoms. The number of ether oxygens (including phenoxy) is 1. The van der Waals surface area contributed by atoms with Crippen molar-refractivity contribution in [3.63, 3.8) is 0 Å². The summed E-state index contributed by atoms with van der Waals surface area (Å²) < 4.78 is 11.4. The molecule has 2 aromatic rings. The summed E-state index contributed by atoms with van der Waals surface area (Å²) in [6, 6.07) is 8.84. The minimum Gasteiger partial charge on any atom is -0.493 e. The van der Waals surface area contributed by atoms with E-state index in [2.05, 4.69) is 26.8 Å². The Hall–Kier alpha value is -2.07. The average Bonchev–Trinajstić information content (AvgIpc) is 2.64. The first kappa shape index (κ1) is 18.3. The highest BCUT2D eigenvalue weighted by atomic mass is 16.5. The number of aliphatic hydroxyl groups is 1. The number of hydrogen-bond acceptors (Lipinski definition) is 4. The second kappa shape index (κ2) is 6.83. The molecule has 5 atom stereocenters. The fourth-order valence-electron chi connectivity index (χ4n) is 5.30. The number of benzene rings is 1. The van der Waals surface area contributed by atoms with E-state index in [0.717, 1.165) is 30.4 Å². The summed E-state index contributed by atoms with van der Waals surface area (Å²) in [6.07, 6.45) is 5.06. The molecule has 1 aromatic heterocycles. The van der Waals surface area contributed by atoms with E-state index in [4.69, 9.17) is 9.15 Å². The molecule has 0 spiro atoms. The second-order valence-corrected chi connectivity index (χ2v) is 8.58. The zero-order chi connectivity index (χ0) is 19.2. The topological polar surface area (TPSA) is 59.7 Å². The SMILES string of the molecule is CC1=CC[C@@H]2[C@@H](C)[C@H](O)CC[C@]2(C)[C@H]1COc1ccc2ccc(=O)oc2c1. The summed E-state index contributed by atoms with van der Waals surface area (Å²) in [5.74, 6) is 1.84. The Morgan fingerprint density at radius 3 is 2.89 bits per heavy atom. The Morgan fingerprint density at radius 1 is 1.30 bits per heavy atom. The number of hydrogen-bond donors (Lipinski definition) is 1. The lowest BCUT2D eigenvalue weighted by atomic mass is 9.52. The smallest absolute Gasteiger partial charge is 0.336 e. The Morgan fingerprint density at radius 2 is 2.07 bits per heavy atom. The predicted octanol–water partition coefficient (Wildman–Crippen LogP) is 4.55. The van der Waals surface area contributed by atoms with E-state index in [1.807, 2.05) is 12.1 Å². The standard InChI is InChI=1S/C23H28O4/c1-14-4-8-18-15(2)20(24)10-11-23(18,3)19(14)13-26-17-7-5-16-6-9-22(25)27-21(16)12-17/h4-7,9,12,15,18-20,24H,8,10-11,13H2,1-3H3/t15-,18-,19+,20-,23+/m1/s1. The number of aliphatic hydroxyl groups excluding tert-OH is 1. The van der Waals surface area contributed by atoms with Gasteiger partial charge in [-0.2, -0.15) is 0 Å². The van der Waals surface area contributed by atoms with E-state index in [9.17, 15) is 9.90 Å². The van der Waals surface area contributed by atoms with Crippen molar-refractivity contribution in [1.29, 1.82) is 0 Å². The Kier molecular flexibility index (Phi) is 4.63. The molecule has 4 rings (SSSR count). The maximum Gasteiger partial charge on any atom is 0.336 e. The van der Waals surface area contributed by atoms with Gasteiger partial charge in [-0.1, -0.05) is 25.5 Å². The summed E-state index contributed by atoms with van der Waals surface area (Å²) in [7, 11) is 0. The summed E-state index contributed by atoms with van der Waals surface area (Å²) in [4.78, 5) is 11.5.